The molecule has 3 aliphatic rings. The van der Waals surface area contributed by atoms with Crippen LogP contribution in [0.1, 0.15) is 30.0 Å². The summed E-state index contributed by atoms with van der Waals surface area (Å²) in [6.07, 6.45) is 2.69. The Kier molecular flexibility index (Phi) is 5.69. The fourth-order valence-corrected chi connectivity index (χ4v) is 5.69. The second kappa shape index (κ2) is 8.03. The molecule has 0 radical (unpaired) electrons. The minimum atomic E-state index is -3.76. The minimum absolute atomic E-state index is 0.123. The van der Waals surface area contributed by atoms with Crippen molar-refractivity contribution in [1.29, 1.82) is 0 Å². The summed E-state index contributed by atoms with van der Waals surface area (Å²) < 4.78 is 32.5. The summed E-state index contributed by atoms with van der Waals surface area (Å²) in [6, 6.07) is 1.19. The van der Waals surface area contributed by atoms with Crippen molar-refractivity contribution in [3.63, 3.8) is 0 Å². The van der Waals surface area contributed by atoms with Crippen molar-refractivity contribution in [3.05, 3.63) is 29.2 Å². The SMILES string of the molecule is CC(C)[C@H]1C(=O)N(S(C)(=O)=O)C2=CCN(C(=O)c3cc(CN4CCOCC4)n(C)n3)[C@@H]21. The average molecular weight is 452 g/mol. The van der Waals surface area contributed by atoms with Crippen LogP contribution < -0.4 is 0 Å². The first-order valence-electron chi connectivity index (χ1n) is 10.5. The maximum absolute atomic E-state index is 13.4. The Labute approximate surface area is 182 Å². The monoisotopic (exact) mass is 451 g/mol. The van der Waals surface area contributed by atoms with Gasteiger partial charge in [-0.25, -0.2) is 12.7 Å². The normalized spacial score (nSPS) is 24.8. The van der Waals surface area contributed by atoms with E-state index in [4.69, 9.17) is 4.74 Å². The predicted octanol–water partition coefficient (Wildman–Crippen LogP) is 0.0346. The molecule has 170 valence electrons. The van der Waals surface area contributed by atoms with Crippen LogP contribution in [0.4, 0.5) is 0 Å². The molecule has 0 bridgehead atoms. The van der Waals surface area contributed by atoms with E-state index in [0.29, 0.717) is 31.1 Å². The van der Waals surface area contributed by atoms with Gasteiger partial charge in [-0.1, -0.05) is 13.8 Å². The molecule has 11 heteroatoms. The highest BCUT2D eigenvalue weighted by molar-refractivity contribution is 7.89. The Morgan fingerprint density at radius 1 is 1.29 bits per heavy atom. The third-order valence-electron chi connectivity index (χ3n) is 6.19. The number of fused-ring (bicyclic) bond motifs is 1. The predicted molar refractivity (Wildman–Crippen MR) is 112 cm³/mol. The molecule has 1 aromatic heterocycles. The Balaban J connectivity index is 1.59. The second-order valence-corrected chi connectivity index (χ2v) is 10.5. The number of carbonyl (C=O) groups is 2. The lowest BCUT2D eigenvalue weighted by Crippen LogP contribution is -2.43. The number of sulfonamides is 1. The van der Waals surface area contributed by atoms with E-state index in [1.54, 1.807) is 21.7 Å². The Morgan fingerprint density at radius 3 is 2.58 bits per heavy atom. The first kappa shape index (κ1) is 22.0. The van der Waals surface area contributed by atoms with Gasteiger partial charge in [0.25, 0.3) is 5.91 Å². The maximum atomic E-state index is 13.4. The second-order valence-electron chi connectivity index (χ2n) is 8.70. The largest absolute Gasteiger partial charge is 0.379 e. The number of hydrogen-bond acceptors (Lipinski definition) is 7. The quantitative estimate of drug-likeness (QED) is 0.622. The van der Waals surface area contributed by atoms with E-state index < -0.39 is 27.9 Å². The van der Waals surface area contributed by atoms with E-state index in [1.807, 2.05) is 20.9 Å². The molecule has 0 aromatic carbocycles. The topological polar surface area (TPSA) is 105 Å². The van der Waals surface area contributed by atoms with E-state index in [1.165, 1.54) is 0 Å². The van der Waals surface area contributed by atoms with Crippen LogP contribution in [0.5, 0.6) is 0 Å². The van der Waals surface area contributed by atoms with Gasteiger partial charge in [0.1, 0.15) is 0 Å². The Morgan fingerprint density at radius 2 is 1.97 bits per heavy atom. The van der Waals surface area contributed by atoms with Crippen LogP contribution in [0, 0.1) is 11.8 Å². The minimum Gasteiger partial charge on any atom is -0.379 e. The molecular formula is C20H29N5O5S. The van der Waals surface area contributed by atoms with Crippen LogP contribution >= 0.6 is 0 Å². The van der Waals surface area contributed by atoms with Crippen LogP contribution in [-0.2, 0) is 33.1 Å². The molecule has 4 heterocycles. The molecule has 0 N–H and O–H groups in total. The van der Waals surface area contributed by atoms with Gasteiger partial charge in [0, 0.05) is 33.2 Å². The van der Waals surface area contributed by atoms with E-state index in [-0.39, 0.29) is 18.4 Å². The van der Waals surface area contributed by atoms with Crippen LogP contribution in [-0.4, -0.2) is 89.3 Å². The zero-order chi connectivity index (χ0) is 22.5. The molecule has 10 nitrogen and oxygen atoms in total. The molecule has 31 heavy (non-hydrogen) atoms. The number of aromatic nitrogens is 2. The lowest BCUT2D eigenvalue weighted by Gasteiger charge is -2.28. The van der Waals surface area contributed by atoms with Crippen molar-refractivity contribution in [3.8, 4) is 0 Å². The van der Waals surface area contributed by atoms with Crippen molar-refractivity contribution >= 4 is 21.8 Å². The fraction of sp³-hybridized carbons (Fsp3) is 0.650. The summed E-state index contributed by atoms with van der Waals surface area (Å²) in [5.74, 6) is -1.50. The summed E-state index contributed by atoms with van der Waals surface area (Å²) in [5.41, 5.74) is 1.59. The fourth-order valence-electron chi connectivity index (χ4n) is 4.67. The lowest BCUT2D eigenvalue weighted by molar-refractivity contribution is -0.128. The van der Waals surface area contributed by atoms with Crippen LogP contribution in [0.3, 0.4) is 0 Å². The lowest BCUT2D eigenvalue weighted by atomic mass is 9.89. The molecule has 4 rings (SSSR count). The number of rotatable bonds is 5. The molecule has 0 unspecified atom stereocenters. The third kappa shape index (κ3) is 3.90. The van der Waals surface area contributed by atoms with Gasteiger partial charge in [0.05, 0.1) is 42.8 Å². The van der Waals surface area contributed by atoms with Crippen molar-refractivity contribution in [2.24, 2.45) is 18.9 Å². The zero-order valence-electron chi connectivity index (χ0n) is 18.3. The molecular weight excluding hydrogens is 422 g/mol. The highest BCUT2D eigenvalue weighted by atomic mass is 32.2. The standard InChI is InChI=1S/C20H29N5O5S/c1-13(2)17-18-16(25(20(17)27)31(4,28)29)5-6-24(18)19(26)15-11-14(22(3)21-15)12-23-7-9-30-10-8-23/h5,11,13,17-18H,6-10,12H2,1-4H3/t17-,18+/m1/s1. The van der Waals surface area contributed by atoms with Gasteiger partial charge in [0.15, 0.2) is 5.69 Å². The molecule has 1 aromatic rings. The number of carbonyl (C=O) groups excluding carboxylic acids is 2. The number of amides is 2. The molecule has 0 aliphatic carbocycles. The highest BCUT2D eigenvalue weighted by Gasteiger charge is 2.55. The first-order valence-corrected chi connectivity index (χ1v) is 12.3. The molecule has 0 spiro atoms. The number of nitrogens with zero attached hydrogens (tertiary/aromatic N) is 5. The van der Waals surface area contributed by atoms with E-state index in [9.17, 15) is 18.0 Å². The number of hydrogen-bond donors (Lipinski definition) is 0. The van der Waals surface area contributed by atoms with Crippen LogP contribution in [0.15, 0.2) is 17.8 Å². The van der Waals surface area contributed by atoms with Crippen molar-refractivity contribution in [2.45, 2.75) is 26.4 Å². The average Bonchev–Trinajstić information content (AvgIpc) is 3.33. The number of morpholine rings is 1. The third-order valence-corrected chi connectivity index (χ3v) is 7.25. The van der Waals surface area contributed by atoms with Gasteiger partial charge in [0.2, 0.25) is 15.9 Å². The van der Waals surface area contributed by atoms with Gasteiger partial charge >= 0.3 is 0 Å². The molecule has 2 fully saturated rings. The van der Waals surface area contributed by atoms with Crippen molar-refractivity contribution in [1.82, 2.24) is 23.9 Å². The van der Waals surface area contributed by atoms with Crippen molar-refractivity contribution in [2.75, 3.05) is 39.1 Å². The van der Waals surface area contributed by atoms with Gasteiger partial charge < -0.3 is 9.64 Å². The van der Waals surface area contributed by atoms with Gasteiger partial charge in [-0.3, -0.25) is 19.2 Å². The molecule has 0 saturated carbocycles. The summed E-state index contributed by atoms with van der Waals surface area (Å²) >= 11 is 0. The summed E-state index contributed by atoms with van der Waals surface area (Å²) in [7, 11) is -1.96. The molecule has 3 aliphatic heterocycles. The highest BCUT2D eigenvalue weighted by Crippen LogP contribution is 2.41. The van der Waals surface area contributed by atoms with E-state index in [2.05, 4.69) is 10.00 Å². The molecule has 2 amide bonds. The smallest absolute Gasteiger partial charge is 0.275 e. The van der Waals surface area contributed by atoms with Gasteiger partial charge in [-0.05, 0) is 18.1 Å². The van der Waals surface area contributed by atoms with Gasteiger partial charge in [-0.2, -0.15) is 5.10 Å². The van der Waals surface area contributed by atoms with E-state index in [0.717, 1.165) is 29.3 Å². The molecule has 2 saturated heterocycles. The Bertz CT molecular complexity index is 1020. The number of aryl methyl sites for hydroxylation is 1. The van der Waals surface area contributed by atoms with Crippen LogP contribution in [0.25, 0.3) is 0 Å². The first-order chi connectivity index (χ1) is 14.6. The van der Waals surface area contributed by atoms with Gasteiger partial charge in [-0.15, -0.1) is 0 Å². The zero-order valence-corrected chi connectivity index (χ0v) is 19.1. The van der Waals surface area contributed by atoms with E-state index >= 15 is 0 Å². The maximum Gasteiger partial charge on any atom is 0.275 e. The summed E-state index contributed by atoms with van der Waals surface area (Å²) in [6.45, 7) is 7.69. The summed E-state index contributed by atoms with van der Waals surface area (Å²) in [4.78, 5) is 30.1. The number of ether oxygens (including phenoxy) is 1. The summed E-state index contributed by atoms with van der Waals surface area (Å²) in [5, 5.41) is 4.42. The molecule has 2 atom stereocenters. The van der Waals surface area contributed by atoms with Crippen molar-refractivity contribution < 1.29 is 22.7 Å². The van der Waals surface area contributed by atoms with Crippen LogP contribution in [0.2, 0.25) is 0 Å². The Hall–Kier alpha value is -2.24.